The molecule has 0 radical (unpaired) electrons. The van der Waals surface area contributed by atoms with Crippen LogP contribution >= 0.6 is 0 Å². The van der Waals surface area contributed by atoms with Crippen LogP contribution in [0.3, 0.4) is 0 Å². The highest BCUT2D eigenvalue weighted by Gasteiger charge is 2.38. The van der Waals surface area contributed by atoms with Crippen molar-refractivity contribution in [3.8, 4) is 11.5 Å². The third-order valence-electron chi connectivity index (χ3n) is 4.59. The maximum Gasteiger partial charge on any atom is 0.254 e. The van der Waals surface area contributed by atoms with E-state index in [-0.39, 0.29) is 24.6 Å². The lowest BCUT2D eigenvalue weighted by Gasteiger charge is -2.35. The first kappa shape index (κ1) is 13.4. The molecule has 0 N–H and O–H groups in total. The predicted octanol–water partition coefficient (Wildman–Crippen LogP) is 1.25. The molecule has 4 rings (SSSR count). The summed E-state index contributed by atoms with van der Waals surface area (Å²) in [6.07, 6.45) is 2.70. The molecule has 0 spiro atoms. The van der Waals surface area contributed by atoms with Crippen molar-refractivity contribution < 1.29 is 19.1 Å². The largest absolute Gasteiger partial charge is 0.454 e. The number of rotatable bonds is 2. The van der Waals surface area contributed by atoms with Crippen molar-refractivity contribution in [1.82, 2.24) is 9.80 Å². The van der Waals surface area contributed by atoms with Crippen molar-refractivity contribution in [2.45, 2.75) is 25.3 Å². The zero-order valence-corrected chi connectivity index (χ0v) is 12.3. The summed E-state index contributed by atoms with van der Waals surface area (Å²) in [5, 5.41) is 0. The molecule has 1 unspecified atom stereocenters. The van der Waals surface area contributed by atoms with Gasteiger partial charge in [-0.2, -0.15) is 0 Å². The van der Waals surface area contributed by atoms with Crippen molar-refractivity contribution in [3.63, 3.8) is 0 Å². The number of hydrogen-bond donors (Lipinski definition) is 0. The number of nitrogens with zero attached hydrogens (tertiary/aromatic N) is 2. The number of amides is 2. The van der Waals surface area contributed by atoms with Crippen molar-refractivity contribution >= 4 is 11.8 Å². The number of carbonyl (C=O) groups excluding carboxylic acids is 2. The van der Waals surface area contributed by atoms with Gasteiger partial charge in [-0.25, -0.2) is 0 Å². The quantitative estimate of drug-likeness (QED) is 0.825. The van der Waals surface area contributed by atoms with E-state index >= 15 is 0 Å². The van der Waals surface area contributed by atoms with Crippen LogP contribution in [0.4, 0.5) is 0 Å². The number of fused-ring (bicyclic) bond motifs is 1. The molecule has 3 heterocycles. The fourth-order valence-corrected chi connectivity index (χ4v) is 3.21. The smallest absolute Gasteiger partial charge is 0.254 e. The lowest BCUT2D eigenvalue weighted by atomic mass is 10.1. The summed E-state index contributed by atoms with van der Waals surface area (Å²) in [7, 11) is 0. The molecule has 3 aliphatic rings. The molecule has 1 atom stereocenters. The molecular formula is C16H18N2O4. The minimum Gasteiger partial charge on any atom is -0.454 e. The highest BCUT2D eigenvalue weighted by molar-refractivity contribution is 5.98. The number of benzene rings is 1. The predicted molar refractivity (Wildman–Crippen MR) is 77.8 cm³/mol. The van der Waals surface area contributed by atoms with Crippen LogP contribution in [0.25, 0.3) is 0 Å². The summed E-state index contributed by atoms with van der Waals surface area (Å²) in [6.45, 7) is 2.47. The van der Waals surface area contributed by atoms with Gasteiger partial charge in [0.2, 0.25) is 12.7 Å². The van der Waals surface area contributed by atoms with Crippen LogP contribution in [0.5, 0.6) is 11.5 Å². The molecule has 1 aromatic rings. The normalized spacial score (nSPS) is 22.6. The van der Waals surface area contributed by atoms with Crippen molar-refractivity contribution in [2.24, 2.45) is 0 Å². The second kappa shape index (κ2) is 5.19. The maximum absolute atomic E-state index is 12.7. The van der Waals surface area contributed by atoms with Gasteiger partial charge in [-0.3, -0.25) is 9.59 Å². The van der Waals surface area contributed by atoms with E-state index in [1.165, 1.54) is 0 Å². The van der Waals surface area contributed by atoms with E-state index in [0.717, 1.165) is 32.4 Å². The lowest BCUT2D eigenvalue weighted by Crippen LogP contribution is -2.52. The molecule has 0 bridgehead atoms. The zero-order valence-electron chi connectivity index (χ0n) is 12.3. The SMILES string of the molecule is O=C(C1CCCN1C(=O)c1ccc2c(c1)OCO2)N1CCC1. The van der Waals surface area contributed by atoms with Crippen LogP contribution < -0.4 is 9.47 Å². The molecule has 0 aliphatic carbocycles. The van der Waals surface area contributed by atoms with Crippen molar-refractivity contribution in [3.05, 3.63) is 23.8 Å². The van der Waals surface area contributed by atoms with Crippen LogP contribution in [-0.2, 0) is 4.79 Å². The van der Waals surface area contributed by atoms with Crippen LogP contribution in [0, 0.1) is 0 Å². The van der Waals surface area contributed by atoms with Gasteiger partial charge in [0, 0.05) is 25.2 Å². The summed E-state index contributed by atoms with van der Waals surface area (Å²) in [5.41, 5.74) is 0.549. The van der Waals surface area contributed by atoms with Crippen molar-refractivity contribution in [2.75, 3.05) is 26.4 Å². The monoisotopic (exact) mass is 302 g/mol. The third kappa shape index (κ3) is 2.10. The van der Waals surface area contributed by atoms with Crippen LogP contribution in [-0.4, -0.2) is 54.1 Å². The Bertz CT molecular complexity index is 627. The first-order valence-corrected chi connectivity index (χ1v) is 7.73. The standard InChI is InChI=1S/C16H18N2O4/c19-15(11-4-5-13-14(9-11)22-10-21-13)18-8-1-3-12(18)16(20)17-6-2-7-17/h4-5,9,12H,1-3,6-8,10H2. The molecule has 3 aliphatic heterocycles. The van der Waals surface area contributed by atoms with Gasteiger partial charge in [-0.15, -0.1) is 0 Å². The van der Waals surface area contributed by atoms with Gasteiger partial charge in [0.1, 0.15) is 6.04 Å². The molecule has 0 aromatic heterocycles. The van der Waals surface area contributed by atoms with Crippen LogP contribution in [0.1, 0.15) is 29.6 Å². The summed E-state index contributed by atoms with van der Waals surface area (Å²) in [6, 6.07) is 4.88. The van der Waals surface area contributed by atoms with Gasteiger partial charge in [0.05, 0.1) is 0 Å². The minimum absolute atomic E-state index is 0.0952. The molecular weight excluding hydrogens is 284 g/mol. The Morgan fingerprint density at radius 3 is 2.64 bits per heavy atom. The molecule has 22 heavy (non-hydrogen) atoms. The van der Waals surface area contributed by atoms with Crippen molar-refractivity contribution in [1.29, 1.82) is 0 Å². The Hall–Kier alpha value is -2.24. The first-order valence-electron chi connectivity index (χ1n) is 7.73. The third-order valence-corrected chi connectivity index (χ3v) is 4.59. The molecule has 1 aromatic carbocycles. The summed E-state index contributed by atoms with van der Waals surface area (Å²) < 4.78 is 10.6. The maximum atomic E-state index is 12.7. The van der Waals surface area contributed by atoms with Gasteiger partial charge in [-0.1, -0.05) is 0 Å². The van der Waals surface area contributed by atoms with E-state index in [2.05, 4.69) is 0 Å². The Morgan fingerprint density at radius 2 is 1.86 bits per heavy atom. The molecule has 2 saturated heterocycles. The first-order chi connectivity index (χ1) is 10.7. The number of carbonyl (C=O) groups is 2. The van der Waals surface area contributed by atoms with Gasteiger partial charge in [0.15, 0.2) is 11.5 Å². The van der Waals surface area contributed by atoms with Gasteiger partial charge >= 0.3 is 0 Å². The van der Waals surface area contributed by atoms with E-state index in [0.29, 0.717) is 23.6 Å². The molecule has 2 fully saturated rings. The lowest BCUT2D eigenvalue weighted by molar-refractivity contribution is -0.138. The second-order valence-corrected chi connectivity index (χ2v) is 5.90. The highest BCUT2D eigenvalue weighted by atomic mass is 16.7. The number of ether oxygens (including phenoxy) is 2. The molecule has 6 heteroatoms. The molecule has 0 saturated carbocycles. The average molecular weight is 302 g/mol. The highest BCUT2D eigenvalue weighted by Crippen LogP contribution is 2.33. The Kier molecular flexibility index (Phi) is 3.17. The minimum atomic E-state index is -0.307. The van der Waals surface area contributed by atoms with Gasteiger partial charge < -0.3 is 19.3 Å². The van der Waals surface area contributed by atoms with E-state index in [1.807, 2.05) is 4.90 Å². The van der Waals surface area contributed by atoms with Gasteiger partial charge in [-0.05, 0) is 37.5 Å². The van der Waals surface area contributed by atoms with Crippen LogP contribution in [0.2, 0.25) is 0 Å². The molecule has 6 nitrogen and oxygen atoms in total. The number of likely N-dealkylation sites (tertiary alicyclic amines) is 2. The van der Waals surface area contributed by atoms with E-state index < -0.39 is 0 Å². The molecule has 116 valence electrons. The summed E-state index contributed by atoms with van der Waals surface area (Å²) in [5.74, 6) is 1.24. The van der Waals surface area contributed by atoms with E-state index in [4.69, 9.17) is 9.47 Å². The topological polar surface area (TPSA) is 59.1 Å². The summed E-state index contributed by atoms with van der Waals surface area (Å²) in [4.78, 5) is 28.7. The second-order valence-electron chi connectivity index (χ2n) is 5.90. The Morgan fingerprint density at radius 1 is 1.05 bits per heavy atom. The average Bonchev–Trinajstić information content (AvgIpc) is 3.12. The number of hydrogen-bond acceptors (Lipinski definition) is 4. The van der Waals surface area contributed by atoms with E-state index in [1.54, 1.807) is 23.1 Å². The van der Waals surface area contributed by atoms with Crippen LogP contribution in [0.15, 0.2) is 18.2 Å². The Balaban J connectivity index is 1.54. The fraction of sp³-hybridized carbons (Fsp3) is 0.500. The van der Waals surface area contributed by atoms with Gasteiger partial charge in [0.25, 0.3) is 5.91 Å². The fourth-order valence-electron chi connectivity index (χ4n) is 3.21. The molecule has 2 amide bonds. The Labute approximate surface area is 128 Å². The zero-order chi connectivity index (χ0) is 15.1. The van der Waals surface area contributed by atoms with E-state index in [9.17, 15) is 9.59 Å². The summed E-state index contributed by atoms with van der Waals surface area (Å²) >= 11 is 0.